The summed E-state index contributed by atoms with van der Waals surface area (Å²) in [5.74, 6) is -0.174. The summed E-state index contributed by atoms with van der Waals surface area (Å²) in [7, 11) is 0. The second-order valence-corrected chi connectivity index (χ2v) is 5.67. The number of carbonyl (C=O) groups is 1. The molecular weight excluding hydrogens is 272 g/mol. The van der Waals surface area contributed by atoms with Crippen molar-refractivity contribution < 1.29 is 9.53 Å². The van der Waals surface area contributed by atoms with Crippen LogP contribution < -0.4 is 0 Å². The van der Waals surface area contributed by atoms with Crippen molar-refractivity contribution in [2.45, 2.75) is 25.9 Å². The average molecular weight is 292 g/mol. The van der Waals surface area contributed by atoms with Crippen LogP contribution in [0.1, 0.15) is 30.4 Å². The molecule has 1 saturated carbocycles. The van der Waals surface area contributed by atoms with E-state index in [-0.39, 0.29) is 11.9 Å². The van der Waals surface area contributed by atoms with Crippen molar-refractivity contribution in [1.29, 1.82) is 0 Å². The Labute approximate surface area is 131 Å². The molecule has 0 aliphatic heterocycles. The topological polar surface area (TPSA) is 26.3 Å². The minimum atomic E-state index is -0.0939. The Balaban J connectivity index is 1.65. The zero-order valence-electron chi connectivity index (χ0n) is 12.6. The summed E-state index contributed by atoms with van der Waals surface area (Å²) in [5, 5.41) is 0. The van der Waals surface area contributed by atoms with Gasteiger partial charge in [0, 0.05) is 0 Å². The van der Waals surface area contributed by atoms with Crippen LogP contribution in [0.25, 0.3) is 6.08 Å². The van der Waals surface area contributed by atoms with Gasteiger partial charge < -0.3 is 4.74 Å². The van der Waals surface area contributed by atoms with E-state index in [1.54, 1.807) is 0 Å². The lowest BCUT2D eigenvalue weighted by atomic mass is 10.0. The Morgan fingerprint density at radius 2 is 1.73 bits per heavy atom. The Kier molecular flexibility index (Phi) is 4.69. The van der Waals surface area contributed by atoms with Crippen LogP contribution in [-0.4, -0.2) is 5.97 Å². The summed E-state index contributed by atoms with van der Waals surface area (Å²) >= 11 is 0. The molecular formula is C20H20O2. The SMILES string of the molecule is O=C(OCc1ccccc1)C1CCC/C1=C/c1ccccc1. The van der Waals surface area contributed by atoms with Crippen molar-refractivity contribution in [2.24, 2.45) is 5.92 Å². The van der Waals surface area contributed by atoms with E-state index < -0.39 is 0 Å². The molecule has 2 aromatic carbocycles. The zero-order valence-corrected chi connectivity index (χ0v) is 12.6. The molecule has 1 aliphatic carbocycles. The van der Waals surface area contributed by atoms with Gasteiger partial charge in [-0.25, -0.2) is 0 Å². The van der Waals surface area contributed by atoms with Crippen LogP contribution in [0.5, 0.6) is 0 Å². The monoisotopic (exact) mass is 292 g/mol. The highest BCUT2D eigenvalue weighted by atomic mass is 16.5. The van der Waals surface area contributed by atoms with Crippen LogP contribution in [0.4, 0.5) is 0 Å². The molecule has 112 valence electrons. The first-order valence-corrected chi connectivity index (χ1v) is 7.79. The largest absolute Gasteiger partial charge is 0.460 e. The lowest BCUT2D eigenvalue weighted by Crippen LogP contribution is -2.16. The van der Waals surface area contributed by atoms with Gasteiger partial charge in [0.15, 0.2) is 0 Å². The molecule has 0 N–H and O–H groups in total. The van der Waals surface area contributed by atoms with Crippen LogP contribution in [0, 0.1) is 5.92 Å². The molecule has 3 rings (SSSR count). The first-order valence-electron chi connectivity index (χ1n) is 7.79. The fourth-order valence-electron chi connectivity index (χ4n) is 2.90. The number of hydrogen-bond donors (Lipinski definition) is 0. The normalized spacial score (nSPS) is 19.3. The van der Waals surface area contributed by atoms with E-state index in [0.717, 1.165) is 30.4 Å². The molecule has 0 aromatic heterocycles. The third kappa shape index (κ3) is 3.64. The number of rotatable bonds is 4. The number of carbonyl (C=O) groups excluding carboxylic acids is 1. The van der Waals surface area contributed by atoms with Crippen molar-refractivity contribution in [3.63, 3.8) is 0 Å². The highest BCUT2D eigenvalue weighted by Crippen LogP contribution is 2.33. The van der Waals surface area contributed by atoms with Crippen molar-refractivity contribution in [3.8, 4) is 0 Å². The molecule has 1 aliphatic rings. The second kappa shape index (κ2) is 7.08. The smallest absolute Gasteiger partial charge is 0.313 e. The molecule has 2 nitrogen and oxygen atoms in total. The molecule has 22 heavy (non-hydrogen) atoms. The minimum absolute atomic E-state index is 0.0797. The van der Waals surface area contributed by atoms with E-state index in [1.165, 1.54) is 5.57 Å². The highest BCUT2D eigenvalue weighted by molar-refractivity contribution is 5.78. The van der Waals surface area contributed by atoms with E-state index >= 15 is 0 Å². The maximum Gasteiger partial charge on any atom is 0.313 e. The zero-order chi connectivity index (χ0) is 15.2. The van der Waals surface area contributed by atoms with Gasteiger partial charge in [-0.15, -0.1) is 0 Å². The summed E-state index contributed by atoms with van der Waals surface area (Å²) < 4.78 is 5.50. The molecule has 0 radical (unpaired) electrons. The standard InChI is InChI=1S/C20H20O2/c21-20(22-15-17-10-5-2-6-11-17)19-13-7-12-18(19)14-16-8-3-1-4-9-16/h1-6,8-11,14,19H,7,12-13,15H2/b18-14-. The van der Waals surface area contributed by atoms with Gasteiger partial charge in [-0.3, -0.25) is 4.79 Å². The summed E-state index contributed by atoms with van der Waals surface area (Å²) in [6.45, 7) is 0.356. The number of hydrogen-bond acceptors (Lipinski definition) is 2. The molecule has 2 heteroatoms. The lowest BCUT2D eigenvalue weighted by molar-refractivity contribution is -0.148. The third-order valence-corrected chi connectivity index (χ3v) is 4.07. The molecule has 0 spiro atoms. The van der Waals surface area contributed by atoms with Crippen molar-refractivity contribution >= 4 is 12.0 Å². The highest BCUT2D eigenvalue weighted by Gasteiger charge is 2.28. The Bertz CT molecular complexity index is 644. The molecule has 0 bridgehead atoms. The van der Waals surface area contributed by atoms with Gasteiger partial charge in [0.1, 0.15) is 6.61 Å². The van der Waals surface area contributed by atoms with Gasteiger partial charge in [0.25, 0.3) is 0 Å². The van der Waals surface area contributed by atoms with Crippen molar-refractivity contribution in [3.05, 3.63) is 77.4 Å². The molecule has 1 unspecified atom stereocenters. The van der Waals surface area contributed by atoms with E-state index in [2.05, 4.69) is 18.2 Å². The summed E-state index contributed by atoms with van der Waals surface area (Å²) in [6.07, 6.45) is 5.08. The van der Waals surface area contributed by atoms with Gasteiger partial charge in [0.05, 0.1) is 5.92 Å². The average Bonchev–Trinajstić information content (AvgIpc) is 3.03. The van der Waals surface area contributed by atoms with Crippen LogP contribution in [0.2, 0.25) is 0 Å². The summed E-state index contributed by atoms with van der Waals surface area (Å²) in [4.78, 5) is 12.4. The quantitative estimate of drug-likeness (QED) is 0.769. The third-order valence-electron chi connectivity index (χ3n) is 4.07. The first-order chi connectivity index (χ1) is 10.8. The number of ether oxygens (including phenoxy) is 1. The Morgan fingerprint density at radius 3 is 2.45 bits per heavy atom. The minimum Gasteiger partial charge on any atom is -0.460 e. The van der Waals surface area contributed by atoms with Crippen LogP contribution >= 0.6 is 0 Å². The molecule has 0 heterocycles. The van der Waals surface area contributed by atoms with E-state index in [4.69, 9.17) is 4.74 Å². The molecule has 1 atom stereocenters. The summed E-state index contributed by atoms with van der Waals surface area (Å²) in [5.41, 5.74) is 3.38. The van der Waals surface area contributed by atoms with E-state index in [9.17, 15) is 4.79 Å². The first kappa shape index (κ1) is 14.6. The second-order valence-electron chi connectivity index (χ2n) is 5.67. The molecule has 0 saturated heterocycles. The number of benzene rings is 2. The maximum absolute atomic E-state index is 12.4. The molecule has 1 fully saturated rings. The van der Waals surface area contributed by atoms with Gasteiger partial charge in [-0.2, -0.15) is 0 Å². The number of esters is 1. The Morgan fingerprint density at radius 1 is 1.05 bits per heavy atom. The van der Waals surface area contributed by atoms with Crippen molar-refractivity contribution in [2.75, 3.05) is 0 Å². The molecule has 0 amide bonds. The summed E-state index contributed by atoms with van der Waals surface area (Å²) in [6, 6.07) is 20.0. The fourth-order valence-corrected chi connectivity index (χ4v) is 2.90. The lowest BCUT2D eigenvalue weighted by Gasteiger charge is -2.12. The Hall–Kier alpha value is -2.35. The van der Waals surface area contributed by atoms with Crippen LogP contribution in [0.3, 0.4) is 0 Å². The van der Waals surface area contributed by atoms with Gasteiger partial charge in [0.2, 0.25) is 0 Å². The van der Waals surface area contributed by atoms with E-state index in [1.807, 2.05) is 48.5 Å². The predicted molar refractivity (Wildman–Crippen MR) is 88.0 cm³/mol. The van der Waals surface area contributed by atoms with Crippen LogP contribution in [0.15, 0.2) is 66.2 Å². The fraction of sp³-hybridized carbons (Fsp3) is 0.250. The van der Waals surface area contributed by atoms with Gasteiger partial charge in [-0.1, -0.05) is 72.3 Å². The van der Waals surface area contributed by atoms with Crippen LogP contribution in [-0.2, 0) is 16.1 Å². The molecule has 2 aromatic rings. The van der Waals surface area contributed by atoms with Gasteiger partial charge in [-0.05, 0) is 30.4 Å². The van der Waals surface area contributed by atoms with E-state index in [0.29, 0.717) is 6.61 Å². The van der Waals surface area contributed by atoms with Gasteiger partial charge >= 0.3 is 5.97 Å². The van der Waals surface area contributed by atoms with Crippen molar-refractivity contribution in [1.82, 2.24) is 0 Å². The predicted octanol–water partition coefficient (Wildman–Crippen LogP) is 4.61. The maximum atomic E-state index is 12.4.